The van der Waals surface area contributed by atoms with E-state index in [1.54, 1.807) is 18.3 Å². The monoisotopic (exact) mass is 262 g/mol. The summed E-state index contributed by atoms with van der Waals surface area (Å²) in [6.45, 7) is 4.05. The minimum Gasteiger partial charge on any atom is -0.324 e. The number of carbonyl (C=O) groups is 2. The molecule has 1 saturated heterocycles. The molecule has 1 aromatic heterocycles. The van der Waals surface area contributed by atoms with Crippen LogP contribution in [0.25, 0.3) is 0 Å². The number of carbonyl (C=O) groups excluding carboxylic acids is 2. The molecule has 1 aliphatic heterocycles. The summed E-state index contributed by atoms with van der Waals surface area (Å²) in [6.07, 6.45) is 2.36. The first-order valence-electron chi connectivity index (χ1n) is 6.16. The maximum atomic E-state index is 12.0. The minimum atomic E-state index is -0.251. The zero-order valence-electron chi connectivity index (χ0n) is 11.1. The van der Waals surface area contributed by atoms with Gasteiger partial charge in [0.25, 0.3) is 0 Å². The molecule has 0 bridgehead atoms. The van der Waals surface area contributed by atoms with Gasteiger partial charge in [0.15, 0.2) is 0 Å². The zero-order valence-corrected chi connectivity index (χ0v) is 11.1. The maximum absolute atomic E-state index is 12.0. The van der Waals surface area contributed by atoms with Gasteiger partial charge in [-0.25, -0.2) is 0 Å². The highest BCUT2D eigenvalue weighted by molar-refractivity contribution is 5.98. The van der Waals surface area contributed by atoms with Crippen molar-refractivity contribution >= 4 is 17.5 Å². The molecule has 0 aromatic carbocycles. The van der Waals surface area contributed by atoms with E-state index < -0.39 is 0 Å². The number of anilines is 1. The third-order valence-electron chi connectivity index (χ3n) is 3.17. The smallest absolute Gasteiger partial charge is 0.230 e. The molecule has 0 radical (unpaired) electrons. The van der Waals surface area contributed by atoms with Gasteiger partial charge in [-0.2, -0.15) is 0 Å². The highest BCUT2D eigenvalue weighted by atomic mass is 16.2. The van der Waals surface area contributed by atoms with Crippen molar-refractivity contribution in [2.24, 2.45) is 11.3 Å². The van der Waals surface area contributed by atoms with Gasteiger partial charge in [0, 0.05) is 19.0 Å². The summed E-state index contributed by atoms with van der Waals surface area (Å²) in [7, 11) is 0. The lowest BCUT2D eigenvalue weighted by atomic mass is 9.82. The Morgan fingerprint density at radius 3 is 2.58 bits per heavy atom. The first-order valence-corrected chi connectivity index (χ1v) is 6.16. The Balaban J connectivity index is 2.14. The standard InChI is InChI=1S/C13H18N4O2/c1-13(2)6-11(18)17(12(19)7-13)8-10-5-9(16-14)3-4-15-10/h3-5H,6-8,14H2,1-2H3,(H,15,16). The molecular weight excluding hydrogens is 244 g/mol. The van der Waals surface area contributed by atoms with E-state index >= 15 is 0 Å². The summed E-state index contributed by atoms with van der Waals surface area (Å²) in [5, 5.41) is 0. The third kappa shape index (κ3) is 3.08. The van der Waals surface area contributed by atoms with Crippen molar-refractivity contribution in [3.63, 3.8) is 0 Å². The second-order valence-corrected chi connectivity index (χ2v) is 5.57. The molecule has 1 aromatic rings. The van der Waals surface area contributed by atoms with Crippen molar-refractivity contribution in [2.45, 2.75) is 33.2 Å². The number of piperidine rings is 1. The number of aromatic nitrogens is 1. The van der Waals surface area contributed by atoms with E-state index in [0.29, 0.717) is 24.2 Å². The van der Waals surface area contributed by atoms with Crippen LogP contribution >= 0.6 is 0 Å². The molecule has 3 N–H and O–H groups in total. The molecule has 2 heterocycles. The van der Waals surface area contributed by atoms with E-state index in [-0.39, 0.29) is 23.8 Å². The Kier molecular flexibility index (Phi) is 3.53. The van der Waals surface area contributed by atoms with Gasteiger partial charge in [0.1, 0.15) is 0 Å². The number of pyridine rings is 1. The Hall–Kier alpha value is -1.95. The Labute approximate surface area is 112 Å². The molecule has 2 amide bonds. The van der Waals surface area contributed by atoms with Gasteiger partial charge >= 0.3 is 0 Å². The van der Waals surface area contributed by atoms with Crippen molar-refractivity contribution in [3.8, 4) is 0 Å². The van der Waals surface area contributed by atoms with Crippen LogP contribution in [0.5, 0.6) is 0 Å². The normalized spacial score (nSPS) is 18.6. The number of likely N-dealkylation sites (tertiary alicyclic amines) is 1. The van der Waals surface area contributed by atoms with Crippen molar-refractivity contribution in [1.29, 1.82) is 0 Å². The van der Waals surface area contributed by atoms with E-state index in [1.165, 1.54) is 4.90 Å². The molecular formula is C13H18N4O2. The summed E-state index contributed by atoms with van der Waals surface area (Å²) in [6, 6.07) is 3.44. The predicted molar refractivity (Wildman–Crippen MR) is 70.6 cm³/mol. The van der Waals surface area contributed by atoms with Crippen molar-refractivity contribution in [1.82, 2.24) is 9.88 Å². The largest absolute Gasteiger partial charge is 0.324 e. The Morgan fingerprint density at radius 1 is 1.37 bits per heavy atom. The maximum Gasteiger partial charge on any atom is 0.230 e. The molecule has 0 spiro atoms. The molecule has 6 heteroatoms. The van der Waals surface area contributed by atoms with Crippen LogP contribution in [0.2, 0.25) is 0 Å². The summed E-state index contributed by atoms with van der Waals surface area (Å²) < 4.78 is 0. The number of nitrogens with two attached hydrogens (primary N) is 1. The van der Waals surface area contributed by atoms with Gasteiger partial charge in [-0.15, -0.1) is 0 Å². The van der Waals surface area contributed by atoms with E-state index in [9.17, 15) is 9.59 Å². The van der Waals surface area contributed by atoms with Crippen LogP contribution in [0.4, 0.5) is 5.69 Å². The summed E-state index contributed by atoms with van der Waals surface area (Å²) in [5.74, 6) is 5.03. The number of hydrogen-bond donors (Lipinski definition) is 2. The average Bonchev–Trinajstić information content (AvgIpc) is 2.33. The number of hydrazine groups is 1. The topological polar surface area (TPSA) is 88.3 Å². The van der Waals surface area contributed by atoms with Gasteiger partial charge in [0.2, 0.25) is 11.8 Å². The third-order valence-corrected chi connectivity index (χ3v) is 3.17. The molecule has 0 atom stereocenters. The van der Waals surface area contributed by atoms with Crippen LogP contribution in [0.1, 0.15) is 32.4 Å². The number of nitrogens with one attached hydrogen (secondary N) is 1. The first-order chi connectivity index (χ1) is 8.91. The fraction of sp³-hybridized carbons (Fsp3) is 0.462. The number of nitrogens with zero attached hydrogens (tertiary/aromatic N) is 2. The first kappa shape index (κ1) is 13.5. The molecule has 19 heavy (non-hydrogen) atoms. The molecule has 0 unspecified atom stereocenters. The van der Waals surface area contributed by atoms with E-state index in [0.717, 1.165) is 0 Å². The van der Waals surface area contributed by atoms with Gasteiger partial charge in [-0.3, -0.25) is 25.3 Å². The van der Waals surface area contributed by atoms with Gasteiger partial charge in [-0.05, 0) is 17.5 Å². The number of nitrogen functional groups attached to an aromatic ring is 1. The second-order valence-electron chi connectivity index (χ2n) is 5.57. The quantitative estimate of drug-likeness (QED) is 0.483. The fourth-order valence-corrected chi connectivity index (χ4v) is 2.20. The number of imide groups is 1. The minimum absolute atomic E-state index is 0.144. The van der Waals surface area contributed by atoms with Crippen LogP contribution in [0.3, 0.4) is 0 Å². The van der Waals surface area contributed by atoms with Crippen LogP contribution in [0.15, 0.2) is 18.3 Å². The molecule has 2 rings (SSSR count). The van der Waals surface area contributed by atoms with Crippen LogP contribution in [-0.4, -0.2) is 21.7 Å². The molecule has 0 aliphatic carbocycles. The van der Waals surface area contributed by atoms with Crippen LogP contribution < -0.4 is 11.3 Å². The van der Waals surface area contributed by atoms with E-state index in [4.69, 9.17) is 5.84 Å². The molecule has 1 fully saturated rings. The van der Waals surface area contributed by atoms with Gasteiger partial charge in [0.05, 0.1) is 17.9 Å². The number of amides is 2. The number of hydrogen-bond acceptors (Lipinski definition) is 5. The number of rotatable bonds is 3. The van der Waals surface area contributed by atoms with Gasteiger partial charge in [-0.1, -0.05) is 13.8 Å². The molecule has 102 valence electrons. The lowest BCUT2D eigenvalue weighted by molar-refractivity contribution is -0.153. The van der Waals surface area contributed by atoms with Crippen molar-refractivity contribution in [2.75, 3.05) is 5.43 Å². The lowest BCUT2D eigenvalue weighted by Crippen LogP contribution is -2.45. The van der Waals surface area contributed by atoms with Gasteiger partial charge < -0.3 is 5.43 Å². The lowest BCUT2D eigenvalue weighted by Gasteiger charge is -2.34. The highest BCUT2D eigenvalue weighted by Gasteiger charge is 2.37. The molecule has 0 saturated carbocycles. The summed E-state index contributed by atoms with van der Waals surface area (Å²) in [4.78, 5) is 29.4. The SMILES string of the molecule is CC1(C)CC(=O)N(Cc2cc(NN)ccn2)C(=O)C1. The van der Waals surface area contributed by atoms with E-state index in [2.05, 4.69) is 10.4 Å². The average molecular weight is 262 g/mol. The molecule has 6 nitrogen and oxygen atoms in total. The summed E-state index contributed by atoms with van der Waals surface area (Å²) >= 11 is 0. The zero-order chi connectivity index (χ0) is 14.0. The van der Waals surface area contributed by atoms with Crippen molar-refractivity contribution in [3.05, 3.63) is 24.0 Å². The predicted octanol–water partition coefficient (Wildman–Crippen LogP) is 1.04. The highest BCUT2D eigenvalue weighted by Crippen LogP contribution is 2.32. The fourth-order valence-electron chi connectivity index (χ4n) is 2.20. The second kappa shape index (κ2) is 4.97. The summed E-state index contributed by atoms with van der Waals surface area (Å²) in [5.41, 5.74) is 3.59. The van der Waals surface area contributed by atoms with Crippen LogP contribution in [0, 0.1) is 5.41 Å². The van der Waals surface area contributed by atoms with E-state index in [1.807, 2.05) is 13.8 Å². The molecule has 1 aliphatic rings. The van der Waals surface area contributed by atoms with Crippen LogP contribution in [-0.2, 0) is 16.1 Å². The Morgan fingerprint density at radius 2 is 2.00 bits per heavy atom. The van der Waals surface area contributed by atoms with Crippen molar-refractivity contribution < 1.29 is 9.59 Å². The Bertz CT molecular complexity index is 493.